The Morgan fingerprint density at radius 1 is 1.12 bits per heavy atom. The second kappa shape index (κ2) is 8.11. The zero-order valence-corrected chi connectivity index (χ0v) is 14.4. The van der Waals surface area contributed by atoms with Gasteiger partial charge in [0, 0.05) is 6.08 Å². The summed E-state index contributed by atoms with van der Waals surface area (Å²) in [6.07, 6.45) is 3.22. The molecule has 0 fully saturated rings. The molecule has 1 amide bonds. The van der Waals surface area contributed by atoms with Crippen molar-refractivity contribution < 1.29 is 14.3 Å². The largest absolute Gasteiger partial charge is 0.468 e. The summed E-state index contributed by atoms with van der Waals surface area (Å²) in [4.78, 5) is 28.3. The van der Waals surface area contributed by atoms with Gasteiger partial charge in [0.15, 0.2) is 0 Å². The van der Waals surface area contributed by atoms with Crippen LogP contribution in [0.25, 0.3) is 17.1 Å². The number of nitrogens with one attached hydrogen (secondary N) is 1. The highest BCUT2D eigenvalue weighted by Gasteiger charge is 2.14. The van der Waals surface area contributed by atoms with Gasteiger partial charge in [0.05, 0.1) is 24.7 Å². The van der Waals surface area contributed by atoms with E-state index in [4.69, 9.17) is 4.74 Å². The fourth-order valence-electron chi connectivity index (χ4n) is 2.59. The van der Waals surface area contributed by atoms with Crippen molar-refractivity contribution >= 4 is 29.0 Å². The fraction of sp³-hybridized carbons (Fsp3) is 0.150. The van der Waals surface area contributed by atoms with E-state index < -0.39 is 0 Å². The predicted molar refractivity (Wildman–Crippen MR) is 99.1 cm³/mol. The van der Waals surface area contributed by atoms with Gasteiger partial charge in [-0.2, -0.15) is 0 Å². The molecule has 0 aliphatic carbocycles. The first-order chi connectivity index (χ1) is 12.7. The van der Waals surface area contributed by atoms with E-state index in [9.17, 15) is 9.59 Å². The maximum Gasteiger partial charge on any atom is 0.325 e. The first kappa shape index (κ1) is 17.4. The molecule has 3 aromatic rings. The Labute approximate surface area is 151 Å². The van der Waals surface area contributed by atoms with Crippen molar-refractivity contribution in [2.75, 3.05) is 7.11 Å². The topological polar surface area (TPSA) is 73.2 Å². The van der Waals surface area contributed by atoms with E-state index >= 15 is 0 Å². The van der Waals surface area contributed by atoms with Crippen LogP contribution in [0.2, 0.25) is 0 Å². The van der Waals surface area contributed by atoms with Crippen molar-refractivity contribution in [1.82, 2.24) is 14.9 Å². The highest BCUT2D eigenvalue weighted by atomic mass is 16.5. The van der Waals surface area contributed by atoms with Gasteiger partial charge < -0.3 is 14.6 Å². The molecule has 0 saturated carbocycles. The van der Waals surface area contributed by atoms with Crippen LogP contribution in [0.15, 0.2) is 60.7 Å². The Morgan fingerprint density at radius 3 is 2.62 bits per heavy atom. The van der Waals surface area contributed by atoms with Gasteiger partial charge in [0.25, 0.3) is 0 Å². The number of amides is 1. The molecule has 0 aliphatic rings. The molecule has 6 nitrogen and oxygen atoms in total. The van der Waals surface area contributed by atoms with Crippen LogP contribution >= 0.6 is 0 Å². The first-order valence-electron chi connectivity index (χ1n) is 8.19. The Balaban J connectivity index is 1.73. The lowest BCUT2D eigenvalue weighted by Gasteiger charge is -2.08. The maximum atomic E-state index is 12.1. The molecular formula is C20H19N3O3. The summed E-state index contributed by atoms with van der Waals surface area (Å²) in [5.41, 5.74) is 2.53. The van der Waals surface area contributed by atoms with Gasteiger partial charge in [-0.3, -0.25) is 9.59 Å². The molecule has 1 N–H and O–H groups in total. The number of methoxy groups -OCH3 is 1. The molecule has 0 spiro atoms. The summed E-state index contributed by atoms with van der Waals surface area (Å²) in [5.74, 6) is -0.00621. The van der Waals surface area contributed by atoms with Gasteiger partial charge in [0.1, 0.15) is 12.4 Å². The Bertz CT molecular complexity index is 945. The summed E-state index contributed by atoms with van der Waals surface area (Å²) in [6, 6.07) is 17.1. The van der Waals surface area contributed by atoms with Crippen molar-refractivity contribution in [3.63, 3.8) is 0 Å². The molecule has 6 heteroatoms. The standard InChI is InChI=1S/C20H19N3O3/c1-26-20(25)14-23-17-10-6-5-9-16(17)22-18(23)13-21-19(24)12-11-15-7-3-2-4-8-15/h2-12H,13-14H2,1H3,(H,21,24)/b12-11-. The molecule has 0 radical (unpaired) electrons. The van der Waals surface area contributed by atoms with Crippen LogP contribution in [0.5, 0.6) is 0 Å². The molecular weight excluding hydrogens is 330 g/mol. The van der Waals surface area contributed by atoms with Gasteiger partial charge in [-0.1, -0.05) is 42.5 Å². The molecule has 132 valence electrons. The van der Waals surface area contributed by atoms with Crippen LogP contribution in [0.1, 0.15) is 11.4 Å². The SMILES string of the molecule is COC(=O)Cn1c(CNC(=O)/C=C\c2ccccc2)nc2ccccc21. The lowest BCUT2D eigenvalue weighted by Crippen LogP contribution is -2.24. The van der Waals surface area contributed by atoms with Crippen molar-refractivity contribution in [3.05, 3.63) is 72.1 Å². The quantitative estimate of drug-likeness (QED) is 0.548. The van der Waals surface area contributed by atoms with Crippen molar-refractivity contribution in [3.8, 4) is 0 Å². The number of para-hydroxylation sites is 2. The molecule has 0 saturated heterocycles. The third kappa shape index (κ3) is 4.16. The monoisotopic (exact) mass is 349 g/mol. The molecule has 0 unspecified atom stereocenters. The highest BCUT2D eigenvalue weighted by molar-refractivity contribution is 5.91. The number of hydrogen-bond donors (Lipinski definition) is 1. The summed E-state index contributed by atoms with van der Waals surface area (Å²) in [5, 5.41) is 2.80. The van der Waals surface area contributed by atoms with Gasteiger partial charge in [-0.05, 0) is 23.8 Å². The first-order valence-corrected chi connectivity index (χ1v) is 8.19. The van der Waals surface area contributed by atoms with Gasteiger partial charge in [0.2, 0.25) is 5.91 Å². The van der Waals surface area contributed by atoms with E-state index in [1.807, 2.05) is 54.6 Å². The zero-order valence-electron chi connectivity index (χ0n) is 14.4. The summed E-state index contributed by atoms with van der Waals surface area (Å²) >= 11 is 0. The average Bonchev–Trinajstić information content (AvgIpc) is 3.03. The molecule has 2 aromatic carbocycles. The molecule has 0 aliphatic heterocycles. The maximum absolute atomic E-state index is 12.1. The van der Waals surface area contributed by atoms with Crippen LogP contribution in [0.3, 0.4) is 0 Å². The summed E-state index contributed by atoms with van der Waals surface area (Å²) < 4.78 is 6.51. The minimum atomic E-state index is -0.371. The molecule has 0 atom stereocenters. The van der Waals surface area contributed by atoms with Crippen molar-refractivity contribution in [1.29, 1.82) is 0 Å². The number of aromatic nitrogens is 2. The van der Waals surface area contributed by atoms with Gasteiger partial charge in [-0.25, -0.2) is 4.98 Å². The third-order valence-electron chi connectivity index (χ3n) is 3.90. The predicted octanol–water partition coefficient (Wildman–Crippen LogP) is 2.54. The molecule has 26 heavy (non-hydrogen) atoms. The second-order valence-corrected chi connectivity index (χ2v) is 5.64. The number of nitrogens with zero attached hydrogens (tertiary/aromatic N) is 2. The van der Waals surface area contributed by atoms with E-state index in [0.717, 1.165) is 16.6 Å². The number of fused-ring (bicyclic) bond motifs is 1. The average molecular weight is 349 g/mol. The Morgan fingerprint density at radius 2 is 1.85 bits per heavy atom. The normalized spacial score (nSPS) is 11.0. The van der Waals surface area contributed by atoms with E-state index in [1.54, 1.807) is 10.6 Å². The number of carbonyl (C=O) groups is 2. The van der Waals surface area contributed by atoms with Gasteiger partial charge >= 0.3 is 5.97 Å². The van der Waals surface area contributed by atoms with E-state index in [0.29, 0.717) is 5.82 Å². The van der Waals surface area contributed by atoms with Gasteiger partial charge in [-0.15, -0.1) is 0 Å². The molecule has 1 aromatic heterocycles. The highest BCUT2D eigenvalue weighted by Crippen LogP contribution is 2.16. The number of esters is 1. The third-order valence-corrected chi connectivity index (χ3v) is 3.90. The van der Waals surface area contributed by atoms with E-state index in [1.165, 1.54) is 13.2 Å². The van der Waals surface area contributed by atoms with Crippen LogP contribution in [-0.2, 0) is 27.4 Å². The number of benzene rings is 2. The minimum Gasteiger partial charge on any atom is -0.468 e. The summed E-state index contributed by atoms with van der Waals surface area (Å²) in [7, 11) is 1.34. The van der Waals surface area contributed by atoms with Crippen LogP contribution in [-0.4, -0.2) is 28.5 Å². The number of imidazole rings is 1. The molecule has 1 heterocycles. The zero-order chi connectivity index (χ0) is 18.4. The molecule has 0 bridgehead atoms. The number of ether oxygens (including phenoxy) is 1. The van der Waals surface area contributed by atoms with Crippen LogP contribution in [0.4, 0.5) is 0 Å². The Kier molecular flexibility index (Phi) is 5.43. The lowest BCUT2D eigenvalue weighted by atomic mass is 10.2. The smallest absolute Gasteiger partial charge is 0.325 e. The second-order valence-electron chi connectivity index (χ2n) is 5.64. The van der Waals surface area contributed by atoms with Crippen LogP contribution in [0, 0.1) is 0 Å². The minimum absolute atomic E-state index is 0.0437. The van der Waals surface area contributed by atoms with Crippen molar-refractivity contribution in [2.45, 2.75) is 13.1 Å². The Hall–Kier alpha value is -3.41. The number of carbonyl (C=O) groups excluding carboxylic acids is 2. The fourth-order valence-corrected chi connectivity index (χ4v) is 2.59. The van der Waals surface area contributed by atoms with E-state index in [-0.39, 0.29) is 25.0 Å². The van der Waals surface area contributed by atoms with Crippen LogP contribution < -0.4 is 5.32 Å². The molecule has 3 rings (SSSR count). The summed E-state index contributed by atoms with van der Waals surface area (Å²) in [6.45, 7) is 0.256. The lowest BCUT2D eigenvalue weighted by molar-refractivity contribution is -0.141. The number of hydrogen-bond acceptors (Lipinski definition) is 4. The van der Waals surface area contributed by atoms with Crippen molar-refractivity contribution in [2.24, 2.45) is 0 Å². The van der Waals surface area contributed by atoms with E-state index in [2.05, 4.69) is 10.3 Å². The number of rotatable bonds is 6.